The fourth-order valence-corrected chi connectivity index (χ4v) is 3.12. The van der Waals surface area contributed by atoms with Crippen LogP contribution in [0.2, 0.25) is 0 Å². The number of nitrogens with zero attached hydrogens (tertiary/aromatic N) is 4. The molecular formula is C17H22N4O3. The van der Waals surface area contributed by atoms with Gasteiger partial charge in [0.25, 0.3) is 0 Å². The number of methoxy groups -OCH3 is 2. The lowest BCUT2D eigenvalue weighted by Gasteiger charge is -2.18. The third-order valence-electron chi connectivity index (χ3n) is 4.44. The third kappa shape index (κ3) is 3.50. The SMILES string of the molecule is COc1ccc(OC)c([C@@H]2CCN(C(=O)CCn3cncn3)C2)c1. The van der Waals surface area contributed by atoms with E-state index in [0.29, 0.717) is 19.5 Å². The van der Waals surface area contributed by atoms with Gasteiger partial charge in [-0.3, -0.25) is 9.48 Å². The van der Waals surface area contributed by atoms with Crippen molar-refractivity contribution in [1.82, 2.24) is 19.7 Å². The smallest absolute Gasteiger partial charge is 0.224 e. The minimum Gasteiger partial charge on any atom is -0.497 e. The lowest BCUT2D eigenvalue weighted by molar-refractivity contribution is -0.130. The van der Waals surface area contributed by atoms with Crippen molar-refractivity contribution in [3.05, 3.63) is 36.4 Å². The quantitative estimate of drug-likeness (QED) is 0.806. The van der Waals surface area contributed by atoms with Gasteiger partial charge in [-0.25, -0.2) is 4.98 Å². The van der Waals surface area contributed by atoms with E-state index in [1.807, 2.05) is 23.1 Å². The maximum atomic E-state index is 12.4. The molecular weight excluding hydrogens is 308 g/mol. The van der Waals surface area contributed by atoms with Crippen LogP contribution in [0, 0.1) is 0 Å². The molecule has 7 heteroatoms. The van der Waals surface area contributed by atoms with Crippen LogP contribution in [0.3, 0.4) is 0 Å². The summed E-state index contributed by atoms with van der Waals surface area (Å²) in [4.78, 5) is 18.2. The summed E-state index contributed by atoms with van der Waals surface area (Å²) in [6.07, 6.45) is 4.47. The highest BCUT2D eigenvalue weighted by Crippen LogP contribution is 2.36. The fraction of sp³-hybridized carbons (Fsp3) is 0.471. The maximum Gasteiger partial charge on any atom is 0.224 e. The summed E-state index contributed by atoms with van der Waals surface area (Å²) in [6.45, 7) is 2.03. The first-order valence-electron chi connectivity index (χ1n) is 8.03. The van der Waals surface area contributed by atoms with E-state index in [1.165, 1.54) is 6.33 Å². The molecule has 1 saturated heterocycles. The van der Waals surface area contributed by atoms with Crippen LogP contribution in [0.25, 0.3) is 0 Å². The molecule has 7 nitrogen and oxygen atoms in total. The number of carbonyl (C=O) groups is 1. The number of benzene rings is 1. The second-order valence-corrected chi connectivity index (χ2v) is 5.84. The standard InChI is InChI=1S/C17H22N4O3/c1-23-14-3-4-16(24-2)15(9-14)13-5-7-20(10-13)17(22)6-8-21-12-18-11-19-21/h3-4,9,11-13H,5-8,10H2,1-2H3/t13-/m1/s1. The second kappa shape index (κ2) is 7.33. The van der Waals surface area contributed by atoms with Crippen molar-refractivity contribution in [3.63, 3.8) is 0 Å². The Bertz CT molecular complexity index is 687. The molecule has 1 aliphatic rings. The molecule has 0 aliphatic carbocycles. The Morgan fingerprint density at radius 2 is 2.21 bits per heavy atom. The van der Waals surface area contributed by atoms with Gasteiger partial charge in [-0.05, 0) is 24.6 Å². The van der Waals surface area contributed by atoms with Crippen LogP contribution >= 0.6 is 0 Å². The zero-order chi connectivity index (χ0) is 16.9. The van der Waals surface area contributed by atoms with Gasteiger partial charge in [-0.1, -0.05) is 0 Å². The number of rotatable bonds is 6. The second-order valence-electron chi connectivity index (χ2n) is 5.84. The Kier molecular flexibility index (Phi) is 4.98. The van der Waals surface area contributed by atoms with Crippen molar-refractivity contribution in [1.29, 1.82) is 0 Å². The van der Waals surface area contributed by atoms with E-state index in [0.717, 1.165) is 30.0 Å². The van der Waals surface area contributed by atoms with Crippen molar-refractivity contribution < 1.29 is 14.3 Å². The summed E-state index contributed by atoms with van der Waals surface area (Å²) in [5.41, 5.74) is 1.10. The molecule has 0 saturated carbocycles. The zero-order valence-corrected chi connectivity index (χ0v) is 14.0. The Morgan fingerprint density at radius 3 is 2.92 bits per heavy atom. The lowest BCUT2D eigenvalue weighted by atomic mass is 9.97. The van der Waals surface area contributed by atoms with Crippen LogP contribution in [0.4, 0.5) is 0 Å². The van der Waals surface area contributed by atoms with Crippen LogP contribution in [0.1, 0.15) is 24.3 Å². The number of ether oxygens (including phenoxy) is 2. The Morgan fingerprint density at radius 1 is 1.33 bits per heavy atom. The number of likely N-dealkylation sites (tertiary alicyclic amines) is 1. The van der Waals surface area contributed by atoms with Gasteiger partial charge in [0, 0.05) is 31.0 Å². The summed E-state index contributed by atoms with van der Waals surface area (Å²) in [5, 5.41) is 4.02. The van der Waals surface area contributed by atoms with Gasteiger partial charge in [-0.2, -0.15) is 5.10 Å². The largest absolute Gasteiger partial charge is 0.497 e. The first-order chi connectivity index (χ1) is 11.7. The van der Waals surface area contributed by atoms with Crippen LogP contribution in [0.15, 0.2) is 30.9 Å². The molecule has 0 bridgehead atoms. The first-order valence-corrected chi connectivity index (χ1v) is 8.03. The highest BCUT2D eigenvalue weighted by Gasteiger charge is 2.29. The molecule has 0 radical (unpaired) electrons. The molecule has 0 spiro atoms. The van der Waals surface area contributed by atoms with Crippen LogP contribution in [-0.4, -0.2) is 52.9 Å². The van der Waals surface area contributed by atoms with Crippen molar-refractivity contribution in [2.75, 3.05) is 27.3 Å². The Hall–Kier alpha value is -2.57. The average molecular weight is 330 g/mol. The molecule has 24 heavy (non-hydrogen) atoms. The van der Waals surface area contributed by atoms with Gasteiger partial charge < -0.3 is 14.4 Å². The highest BCUT2D eigenvalue weighted by atomic mass is 16.5. The van der Waals surface area contributed by atoms with Crippen molar-refractivity contribution >= 4 is 5.91 Å². The van der Waals surface area contributed by atoms with E-state index in [9.17, 15) is 4.79 Å². The third-order valence-corrected chi connectivity index (χ3v) is 4.44. The monoisotopic (exact) mass is 330 g/mol. The van der Waals surface area contributed by atoms with Gasteiger partial charge in [-0.15, -0.1) is 0 Å². The van der Waals surface area contributed by atoms with Crippen LogP contribution in [-0.2, 0) is 11.3 Å². The zero-order valence-electron chi connectivity index (χ0n) is 14.0. The summed E-state index contributed by atoms with van der Waals surface area (Å²) in [7, 11) is 3.32. The van der Waals surface area contributed by atoms with Crippen LogP contribution < -0.4 is 9.47 Å². The lowest BCUT2D eigenvalue weighted by Crippen LogP contribution is -2.29. The molecule has 128 valence electrons. The van der Waals surface area contributed by atoms with E-state index in [1.54, 1.807) is 25.2 Å². The van der Waals surface area contributed by atoms with Gasteiger partial charge >= 0.3 is 0 Å². The van der Waals surface area contributed by atoms with E-state index in [2.05, 4.69) is 10.1 Å². The normalized spacial score (nSPS) is 17.1. The Balaban J connectivity index is 1.63. The molecule has 1 aromatic carbocycles. The predicted molar refractivity (Wildman–Crippen MR) is 88.1 cm³/mol. The van der Waals surface area contributed by atoms with Crippen LogP contribution in [0.5, 0.6) is 11.5 Å². The topological polar surface area (TPSA) is 69.5 Å². The van der Waals surface area contributed by atoms with Crippen molar-refractivity contribution in [3.8, 4) is 11.5 Å². The number of hydrogen-bond acceptors (Lipinski definition) is 5. The van der Waals surface area contributed by atoms with Gasteiger partial charge in [0.15, 0.2) is 0 Å². The molecule has 1 fully saturated rings. The number of aromatic nitrogens is 3. The van der Waals surface area contributed by atoms with E-state index < -0.39 is 0 Å². The van der Waals surface area contributed by atoms with E-state index >= 15 is 0 Å². The molecule has 1 amide bonds. The maximum absolute atomic E-state index is 12.4. The number of carbonyl (C=O) groups excluding carboxylic acids is 1. The van der Waals surface area contributed by atoms with Gasteiger partial charge in [0.1, 0.15) is 24.2 Å². The highest BCUT2D eigenvalue weighted by molar-refractivity contribution is 5.76. The summed E-state index contributed by atoms with van der Waals surface area (Å²) < 4.78 is 12.5. The molecule has 2 heterocycles. The summed E-state index contributed by atoms with van der Waals surface area (Å²) >= 11 is 0. The first kappa shape index (κ1) is 16.3. The summed E-state index contributed by atoms with van der Waals surface area (Å²) in [6, 6.07) is 5.81. The predicted octanol–water partition coefficient (Wildman–Crippen LogP) is 1.70. The molecule has 0 N–H and O–H groups in total. The molecule has 1 aromatic heterocycles. The fourth-order valence-electron chi connectivity index (χ4n) is 3.12. The Labute approximate surface area is 141 Å². The summed E-state index contributed by atoms with van der Waals surface area (Å²) in [5.74, 6) is 2.07. The van der Waals surface area contributed by atoms with Gasteiger partial charge in [0.05, 0.1) is 20.8 Å². The molecule has 0 unspecified atom stereocenters. The van der Waals surface area contributed by atoms with E-state index in [4.69, 9.17) is 9.47 Å². The minimum atomic E-state index is 0.148. The van der Waals surface area contributed by atoms with Crippen molar-refractivity contribution in [2.24, 2.45) is 0 Å². The number of aryl methyl sites for hydroxylation is 1. The molecule has 3 rings (SSSR count). The minimum absolute atomic E-state index is 0.148. The number of hydrogen-bond donors (Lipinski definition) is 0. The number of amides is 1. The van der Waals surface area contributed by atoms with Crippen molar-refractivity contribution in [2.45, 2.75) is 25.3 Å². The molecule has 2 aromatic rings. The van der Waals surface area contributed by atoms with E-state index in [-0.39, 0.29) is 11.8 Å². The average Bonchev–Trinajstić information content (AvgIpc) is 3.30. The molecule has 1 atom stereocenters. The van der Waals surface area contributed by atoms with Gasteiger partial charge in [0.2, 0.25) is 5.91 Å². The molecule has 1 aliphatic heterocycles.